The van der Waals surface area contributed by atoms with Crippen LogP contribution in [0, 0.1) is 0 Å². The van der Waals surface area contributed by atoms with Crippen molar-refractivity contribution in [3.63, 3.8) is 0 Å². The van der Waals surface area contributed by atoms with E-state index in [0.29, 0.717) is 25.6 Å². The molecule has 0 radical (unpaired) electrons. The molecule has 0 amide bonds. The number of ether oxygens (including phenoxy) is 1. The molecule has 0 aliphatic heterocycles. The predicted octanol–water partition coefficient (Wildman–Crippen LogP) is 0.779. The van der Waals surface area contributed by atoms with Crippen LogP contribution in [0.5, 0.6) is 0 Å². The molecule has 18 heavy (non-hydrogen) atoms. The zero-order valence-electron chi connectivity index (χ0n) is 10.5. The van der Waals surface area contributed by atoms with Gasteiger partial charge < -0.3 is 4.74 Å². The van der Waals surface area contributed by atoms with Crippen molar-refractivity contribution in [2.45, 2.75) is 17.9 Å². The van der Waals surface area contributed by atoms with E-state index in [-0.39, 0.29) is 4.90 Å². The van der Waals surface area contributed by atoms with E-state index < -0.39 is 10.0 Å². The lowest BCUT2D eigenvalue weighted by atomic mass is 10.5. The molecular formula is C10H18ClN3O3S. The van der Waals surface area contributed by atoms with E-state index in [1.807, 2.05) is 0 Å². The van der Waals surface area contributed by atoms with Crippen molar-refractivity contribution in [2.24, 2.45) is 0 Å². The summed E-state index contributed by atoms with van der Waals surface area (Å²) in [5.74, 6) is 0.523. The number of hydrogen-bond donors (Lipinski definition) is 0. The topological polar surface area (TPSA) is 64.4 Å². The second-order valence-corrected chi connectivity index (χ2v) is 6.22. The van der Waals surface area contributed by atoms with Gasteiger partial charge in [0.2, 0.25) is 10.0 Å². The molecule has 0 atom stereocenters. The number of hydrogen-bond acceptors (Lipinski definition) is 4. The van der Waals surface area contributed by atoms with Crippen LogP contribution in [0.15, 0.2) is 17.3 Å². The Morgan fingerprint density at radius 3 is 2.89 bits per heavy atom. The van der Waals surface area contributed by atoms with E-state index in [9.17, 15) is 8.42 Å². The van der Waals surface area contributed by atoms with Crippen LogP contribution in [0.25, 0.3) is 0 Å². The van der Waals surface area contributed by atoms with Gasteiger partial charge in [0, 0.05) is 39.3 Å². The van der Waals surface area contributed by atoms with E-state index in [1.54, 1.807) is 4.68 Å². The summed E-state index contributed by atoms with van der Waals surface area (Å²) < 4.78 is 31.9. The molecule has 0 saturated carbocycles. The van der Waals surface area contributed by atoms with Gasteiger partial charge in [-0.3, -0.25) is 4.68 Å². The minimum atomic E-state index is -3.48. The zero-order chi connectivity index (χ0) is 13.6. The van der Waals surface area contributed by atoms with Crippen LogP contribution in [-0.4, -0.2) is 55.7 Å². The van der Waals surface area contributed by atoms with Gasteiger partial charge in [-0.2, -0.15) is 9.40 Å². The van der Waals surface area contributed by atoms with Crippen LogP contribution in [0.3, 0.4) is 0 Å². The van der Waals surface area contributed by atoms with Crippen LogP contribution < -0.4 is 0 Å². The van der Waals surface area contributed by atoms with E-state index in [0.717, 1.165) is 6.42 Å². The largest absolute Gasteiger partial charge is 0.383 e. The van der Waals surface area contributed by atoms with Crippen molar-refractivity contribution >= 4 is 21.6 Å². The van der Waals surface area contributed by atoms with Crippen LogP contribution >= 0.6 is 11.6 Å². The molecule has 0 spiro atoms. The number of methoxy groups -OCH3 is 1. The summed E-state index contributed by atoms with van der Waals surface area (Å²) in [5, 5.41) is 4.00. The fourth-order valence-corrected chi connectivity index (χ4v) is 2.57. The summed E-state index contributed by atoms with van der Waals surface area (Å²) >= 11 is 5.57. The highest BCUT2D eigenvalue weighted by atomic mass is 35.5. The number of rotatable bonds is 8. The fraction of sp³-hybridized carbons (Fsp3) is 0.700. The molecule has 0 N–H and O–H groups in total. The van der Waals surface area contributed by atoms with Gasteiger partial charge in [-0.25, -0.2) is 8.42 Å². The number of halogens is 1. The Bertz CT molecular complexity index is 461. The summed E-state index contributed by atoms with van der Waals surface area (Å²) in [5.41, 5.74) is 0. The Morgan fingerprint density at radius 1 is 1.56 bits per heavy atom. The number of sulfonamides is 1. The number of aromatic nitrogens is 2. The lowest BCUT2D eigenvalue weighted by molar-refractivity contribution is 0.185. The molecule has 1 heterocycles. The van der Waals surface area contributed by atoms with Gasteiger partial charge in [0.1, 0.15) is 4.90 Å². The molecule has 8 heteroatoms. The van der Waals surface area contributed by atoms with Gasteiger partial charge in [0.15, 0.2) is 0 Å². The number of alkyl halides is 1. The predicted molar refractivity (Wildman–Crippen MR) is 69.3 cm³/mol. The summed E-state index contributed by atoms with van der Waals surface area (Å²) in [4.78, 5) is 0.190. The molecule has 0 aliphatic carbocycles. The summed E-state index contributed by atoms with van der Waals surface area (Å²) in [6.07, 6.45) is 3.63. The Kier molecular flexibility index (Phi) is 6.07. The van der Waals surface area contributed by atoms with Gasteiger partial charge >= 0.3 is 0 Å². The average molecular weight is 296 g/mol. The van der Waals surface area contributed by atoms with Gasteiger partial charge in [-0.1, -0.05) is 0 Å². The third-order valence-electron chi connectivity index (χ3n) is 2.45. The smallest absolute Gasteiger partial charge is 0.246 e. The van der Waals surface area contributed by atoms with Crippen LogP contribution in [0.2, 0.25) is 0 Å². The normalized spacial score (nSPS) is 12.2. The maximum absolute atomic E-state index is 12.1. The molecule has 0 bridgehead atoms. The molecule has 0 aromatic carbocycles. The molecule has 6 nitrogen and oxygen atoms in total. The monoisotopic (exact) mass is 295 g/mol. The van der Waals surface area contributed by atoms with E-state index in [1.165, 1.54) is 30.9 Å². The first-order valence-corrected chi connectivity index (χ1v) is 7.53. The van der Waals surface area contributed by atoms with Crippen LogP contribution in [-0.2, 0) is 21.3 Å². The standard InChI is InChI=1S/C10H18ClN3O3S/c1-13(6-7-17-2)18(15,16)10-8-12-14(9-10)5-3-4-11/h8-9H,3-7H2,1-2H3. The Hall–Kier alpha value is -0.630. The number of aryl methyl sites for hydroxylation is 1. The minimum absolute atomic E-state index is 0.190. The Morgan fingerprint density at radius 2 is 2.28 bits per heavy atom. The summed E-state index contributed by atoms with van der Waals surface area (Å²) in [6, 6.07) is 0. The molecule has 104 valence electrons. The fourth-order valence-electron chi connectivity index (χ4n) is 1.34. The van der Waals surface area contributed by atoms with E-state index in [4.69, 9.17) is 16.3 Å². The SMILES string of the molecule is COCCN(C)S(=O)(=O)c1cnn(CCCCl)c1. The lowest BCUT2D eigenvalue weighted by Crippen LogP contribution is -2.29. The van der Waals surface area contributed by atoms with E-state index in [2.05, 4.69) is 5.10 Å². The van der Waals surface area contributed by atoms with Crippen molar-refractivity contribution in [2.75, 3.05) is 33.2 Å². The molecule has 0 aliphatic rings. The molecular weight excluding hydrogens is 278 g/mol. The van der Waals surface area contributed by atoms with Gasteiger partial charge in [-0.15, -0.1) is 11.6 Å². The highest BCUT2D eigenvalue weighted by molar-refractivity contribution is 7.89. The Balaban J connectivity index is 2.75. The van der Waals surface area contributed by atoms with E-state index >= 15 is 0 Å². The molecule has 0 unspecified atom stereocenters. The maximum atomic E-state index is 12.1. The molecule has 0 saturated heterocycles. The summed E-state index contributed by atoms with van der Waals surface area (Å²) in [6.45, 7) is 1.28. The molecule has 1 rings (SSSR count). The first-order valence-electron chi connectivity index (χ1n) is 5.56. The first-order chi connectivity index (χ1) is 8.52. The first kappa shape index (κ1) is 15.4. The van der Waals surface area contributed by atoms with Crippen molar-refractivity contribution < 1.29 is 13.2 Å². The quantitative estimate of drug-likeness (QED) is 0.665. The van der Waals surface area contributed by atoms with Gasteiger partial charge in [-0.05, 0) is 6.42 Å². The number of likely N-dealkylation sites (N-methyl/N-ethyl adjacent to an activating group) is 1. The van der Waals surface area contributed by atoms with Crippen LogP contribution in [0.4, 0.5) is 0 Å². The second kappa shape index (κ2) is 7.08. The Labute approximate surface area is 113 Å². The van der Waals surface area contributed by atoms with Crippen LogP contribution in [0.1, 0.15) is 6.42 Å². The minimum Gasteiger partial charge on any atom is -0.383 e. The van der Waals surface area contributed by atoms with Gasteiger partial charge in [0.05, 0.1) is 12.8 Å². The highest BCUT2D eigenvalue weighted by Crippen LogP contribution is 2.13. The zero-order valence-corrected chi connectivity index (χ0v) is 12.1. The molecule has 1 aromatic heterocycles. The third kappa shape index (κ3) is 3.94. The molecule has 1 aromatic rings. The highest BCUT2D eigenvalue weighted by Gasteiger charge is 2.22. The third-order valence-corrected chi connectivity index (χ3v) is 4.53. The van der Waals surface area contributed by atoms with Crippen molar-refractivity contribution in [3.8, 4) is 0 Å². The number of nitrogens with zero attached hydrogens (tertiary/aromatic N) is 3. The maximum Gasteiger partial charge on any atom is 0.246 e. The second-order valence-electron chi connectivity index (χ2n) is 3.80. The van der Waals surface area contributed by atoms with Crippen molar-refractivity contribution in [1.82, 2.24) is 14.1 Å². The average Bonchev–Trinajstić information content (AvgIpc) is 2.82. The lowest BCUT2D eigenvalue weighted by Gasteiger charge is -2.14. The molecule has 0 fully saturated rings. The van der Waals surface area contributed by atoms with Crippen molar-refractivity contribution in [1.29, 1.82) is 0 Å². The van der Waals surface area contributed by atoms with Crippen molar-refractivity contribution in [3.05, 3.63) is 12.4 Å². The van der Waals surface area contributed by atoms with Gasteiger partial charge in [0.25, 0.3) is 0 Å². The summed E-state index contributed by atoms with van der Waals surface area (Å²) in [7, 11) is -0.428.